The van der Waals surface area contributed by atoms with Crippen molar-refractivity contribution >= 4 is 23.1 Å². The maximum Gasteiger partial charge on any atom is 0.412 e. The van der Waals surface area contributed by atoms with E-state index >= 15 is 0 Å². The number of carbonyl (C=O) groups is 2. The zero-order chi connectivity index (χ0) is 20.1. The molecule has 1 heterocycles. The van der Waals surface area contributed by atoms with Crippen molar-refractivity contribution in [1.82, 2.24) is 20.3 Å². The summed E-state index contributed by atoms with van der Waals surface area (Å²) < 4.78 is 9.93. The van der Waals surface area contributed by atoms with E-state index in [9.17, 15) is 14.7 Å². The Morgan fingerprint density at radius 1 is 1.18 bits per heavy atom. The number of esters is 1. The van der Waals surface area contributed by atoms with Crippen LogP contribution in [0.15, 0.2) is 54.6 Å². The van der Waals surface area contributed by atoms with E-state index in [1.807, 2.05) is 24.3 Å². The molecule has 1 aromatic heterocycles. The van der Waals surface area contributed by atoms with Crippen molar-refractivity contribution < 1.29 is 24.2 Å². The van der Waals surface area contributed by atoms with Crippen LogP contribution in [0.2, 0.25) is 0 Å². The van der Waals surface area contributed by atoms with Crippen LogP contribution in [0.25, 0.3) is 16.7 Å². The predicted octanol–water partition coefficient (Wildman–Crippen LogP) is 2.33. The van der Waals surface area contributed by atoms with Crippen LogP contribution in [0.1, 0.15) is 6.92 Å². The Bertz CT molecular complexity index is 1010. The van der Waals surface area contributed by atoms with Gasteiger partial charge in [0.1, 0.15) is 34.8 Å². The summed E-state index contributed by atoms with van der Waals surface area (Å²) in [5.41, 5.74) is 2.00. The van der Waals surface area contributed by atoms with Gasteiger partial charge in [0.2, 0.25) is 0 Å². The fourth-order valence-electron chi connectivity index (χ4n) is 2.27. The number of phenolic OH excluding ortho intramolecular Hbond substituents is 1. The van der Waals surface area contributed by atoms with Crippen LogP contribution in [0.5, 0.6) is 11.5 Å². The lowest BCUT2D eigenvalue weighted by Crippen LogP contribution is -2.30. The molecular weight excluding hydrogens is 364 g/mol. The molecule has 0 saturated carbocycles. The minimum atomic E-state index is -0.749. The molecule has 3 rings (SSSR count). The molecule has 28 heavy (non-hydrogen) atoms. The molecule has 3 aromatic rings. The van der Waals surface area contributed by atoms with Gasteiger partial charge in [0.15, 0.2) is 0 Å². The van der Waals surface area contributed by atoms with Crippen LogP contribution in [0.4, 0.5) is 4.79 Å². The van der Waals surface area contributed by atoms with Gasteiger partial charge in [0.25, 0.3) is 0 Å². The van der Waals surface area contributed by atoms with Gasteiger partial charge < -0.3 is 19.9 Å². The normalized spacial score (nSPS) is 10.5. The van der Waals surface area contributed by atoms with Crippen molar-refractivity contribution in [2.75, 3.05) is 13.2 Å². The van der Waals surface area contributed by atoms with E-state index in [0.717, 1.165) is 0 Å². The predicted molar refractivity (Wildman–Crippen MR) is 100 cm³/mol. The first-order chi connectivity index (χ1) is 13.4. The van der Waals surface area contributed by atoms with Crippen molar-refractivity contribution in [3.8, 4) is 17.2 Å². The van der Waals surface area contributed by atoms with Crippen LogP contribution in [0.3, 0.4) is 0 Å². The smallest absolute Gasteiger partial charge is 0.412 e. The first kappa shape index (κ1) is 18.9. The van der Waals surface area contributed by atoms with Gasteiger partial charge in [-0.3, -0.25) is 0 Å². The van der Waals surface area contributed by atoms with Crippen molar-refractivity contribution in [3.63, 3.8) is 0 Å². The molecule has 0 radical (unpaired) electrons. The van der Waals surface area contributed by atoms with E-state index in [-0.39, 0.29) is 30.2 Å². The highest BCUT2D eigenvalue weighted by molar-refractivity contribution is 5.86. The second-order valence-corrected chi connectivity index (χ2v) is 5.86. The number of ether oxygens (including phenoxy) is 2. The summed E-state index contributed by atoms with van der Waals surface area (Å²) in [5, 5.41) is 21.2. The van der Waals surface area contributed by atoms with Gasteiger partial charge in [-0.05, 0) is 31.2 Å². The first-order valence-corrected chi connectivity index (χ1v) is 8.38. The lowest BCUT2D eigenvalue weighted by atomic mass is 10.3. The second kappa shape index (κ2) is 8.21. The van der Waals surface area contributed by atoms with Crippen LogP contribution >= 0.6 is 0 Å². The third-order valence-electron chi connectivity index (χ3n) is 3.61. The Labute approximate surface area is 160 Å². The lowest BCUT2D eigenvalue weighted by Gasteiger charge is -2.09. The molecule has 9 heteroatoms. The highest BCUT2D eigenvalue weighted by atomic mass is 16.6. The number of aromatic nitrogens is 3. The number of amides is 1. The van der Waals surface area contributed by atoms with Crippen LogP contribution in [0, 0.1) is 0 Å². The lowest BCUT2D eigenvalue weighted by molar-refractivity contribution is -0.138. The molecule has 2 N–H and O–H groups in total. The highest BCUT2D eigenvalue weighted by Gasteiger charge is 2.12. The summed E-state index contributed by atoms with van der Waals surface area (Å²) in [6.07, 6.45) is -0.749. The molecule has 0 atom stereocenters. The summed E-state index contributed by atoms with van der Waals surface area (Å²) in [5.74, 6) is -0.550. The highest BCUT2D eigenvalue weighted by Crippen LogP contribution is 2.26. The molecule has 0 fully saturated rings. The summed E-state index contributed by atoms with van der Waals surface area (Å²) in [7, 11) is 0. The number of carbonyl (C=O) groups excluding carboxylic acids is 2. The van der Waals surface area contributed by atoms with Gasteiger partial charge in [-0.25, -0.2) is 9.59 Å². The standard InChI is InChI=1S/C19H18N4O5/c1-12(2)18(25)27-10-9-20-19(26)28-13-7-8-16(17(24)11-13)23-21-14-5-3-4-6-15(14)22-23/h3-8,11,24H,1,9-10H2,2H3,(H,20,26). The Kier molecular flexibility index (Phi) is 5.54. The number of fused-ring (bicyclic) bond motifs is 1. The van der Waals surface area contributed by atoms with Gasteiger partial charge >= 0.3 is 12.1 Å². The number of phenols is 1. The molecule has 1 amide bonds. The van der Waals surface area contributed by atoms with Crippen molar-refractivity contribution in [2.45, 2.75) is 6.92 Å². The summed E-state index contributed by atoms with van der Waals surface area (Å²) in [6, 6.07) is 11.6. The number of nitrogens with zero attached hydrogens (tertiary/aromatic N) is 3. The molecule has 0 aliphatic heterocycles. The molecule has 0 aliphatic carbocycles. The van der Waals surface area contributed by atoms with E-state index in [2.05, 4.69) is 22.1 Å². The van der Waals surface area contributed by atoms with E-state index in [1.54, 1.807) is 0 Å². The monoisotopic (exact) mass is 382 g/mol. The maximum absolute atomic E-state index is 11.8. The molecule has 0 aliphatic rings. The quantitative estimate of drug-likeness (QED) is 0.382. The van der Waals surface area contributed by atoms with E-state index < -0.39 is 12.1 Å². The van der Waals surface area contributed by atoms with Crippen LogP contribution < -0.4 is 10.1 Å². The summed E-state index contributed by atoms with van der Waals surface area (Å²) in [4.78, 5) is 24.3. The number of rotatable bonds is 6. The molecule has 2 aromatic carbocycles. The Hall–Kier alpha value is -3.88. The Morgan fingerprint density at radius 3 is 2.46 bits per heavy atom. The molecule has 0 saturated heterocycles. The van der Waals surface area contributed by atoms with Crippen LogP contribution in [-0.4, -0.2) is 45.3 Å². The molecule has 144 valence electrons. The largest absolute Gasteiger partial charge is 0.505 e. The van der Waals surface area contributed by atoms with Crippen LogP contribution in [-0.2, 0) is 9.53 Å². The number of benzene rings is 2. The topological polar surface area (TPSA) is 116 Å². The summed E-state index contributed by atoms with van der Waals surface area (Å²) in [6.45, 7) is 5.05. The van der Waals surface area contributed by atoms with E-state index in [4.69, 9.17) is 9.47 Å². The molecule has 0 spiro atoms. The molecule has 0 bridgehead atoms. The fourth-order valence-corrected chi connectivity index (χ4v) is 2.27. The van der Waals surface area contributed by atoms with Gasteiger partial charge in [0, 0.05) is 11.6 Å². The fraction of sp³-hybridized carbons (Fsp3) is 0.158. The minimum absolute atomic E-state index is 0.0104. The minimum Gasteiger partial charge on any atom is -0.505 e. The molecule has 0 unspecified atom stereocenters. The molecular formula is C19H18N4O5. The second-order valence-electron chi connectivity index (χ2n) is 5.86. The number of nitrogens with one attached hydrogen (secondary N) is 1. The number of aromatic hydroxyl groups is 1. The molecule has 9 nitrogen and oxygen atoms in total. The van der Waals surface area contributed by atoms with Gasteiger partial charge in [-0.1, -0.05) is 18.7 Å². The van der Waals surface area contributed by atoms with Crippen molar-refractivity contribution in [3.05, 3.63) is 54.6 Å². The van der Waals surface area contributed by atoms with Gasteiger partial charge in [-0.2, -0.15) is 0 Å². The van der Waals surface area contributed by atoms with E-state index in [1.165, 1.54) is 29.9 Å². The van der Waals surface area contributed by atoms with Gasteiger partial charge in [0.05, 0.1) is 6.54 Å². The Balaban J connectivity index is 1.58. The first-order valence-electron chi connectivity index (χ1n) is 8.38. The average Bonchev–Trinajstić information content (AvgIpc) is 3.08. The SMILES string of the molecule is C=C(C)C(=O)OCCNC(=O)Oc1ccc(-n2nc3ccccc3n2)c(O)c1. The average molecular weight is 382 g/mol. The van der Waals surface area contributed by atoms with Crippen molar-refractivity contribution in [2.24, 2.45) is 0 Å². The Morgan fingerprint density at radius 2 is 1.86 bits per heavy atom. The summed E-state index contributed by atoms with van der Waals surface area (Å²) >= 11 is 0. The maximum atomic E-state index is 11.8. The third-order valence-corrected chi connectivity index (χ3v) is 3.61. The zero-order valence-electron chi connectivity index (χ0n) is 15.1. The third kappa shape index (κ3) is 4.44. The number of hydrogen-bond donors (Lipinski definition) is 2. The zero-order valence-corrected chi connectivity index (χ0v) is 15.1. The van der Waals surface area contributed by atoms with Gasteiger partial charge in [-0.15, -0.1) is 15.0 Å². The number of hydrogen-bond acceptors (Lipinski definition) is 7. The van der Waals surface area contributed by atoms with Crippen molar-refractivity contribution in [1.29, 1.82) is 0 Å². The van der Waals surface area contributed by atoms with E-state index in [0.29, 0.717) is 16.7 Å².